The molecule has 1 aromatic heterocycles. The fraction of sp³-hybridized carbons (Fsp3) is 0.286. The van der Waals surface area contributed by atoms with Gasteiger partial charge in [0.05, 0.1) is 11.1 Å². The summed E-state index contributed by atoms with van der Waals surface area (Å²) in [4.78, 5) is 19.5. The number of aryl methyl sites for hydroxylation is 1. The number of rotatable bonds is 3. The van der Waals surface area contributed by atoms with Crippen LogP contribution < -0.4 is 9.47 Å². The summed E-state index contributed by atoms with van der Waals surface area (Å²) in [6, 6.07) is 14.3. The number of ketones is 1. The molecule has 0 spiro atoms. The van der Waals surface area contributed by atoms with Gasteiger partial charge >= 0.3 is 0 Å². The molecule has 2 aliphatic rings. The second-order valence-corrected chi connectivity index (χ2v) is 9.80. The van der Waals surface area contributed by atoms with E-state index in [9.17, 15) is 4.79 Å². The minimum Gasteiger partial charge on any atom is -0.478 e. The standard InChI is InChI=1S/C28H28N2O3/c1-18-13-23-22(16-30(17-32-23)15-20-9-11-29-12-10-20)27-25(18)26(31)24(33-27)14-19-5-7-21(8-6-19)28(2,3)4/h5-14H,15-17H2,1-4H3/b24-14-. The largest absolute Gasteiger partial charge is 0.478 e. The van der Waals surface area contributed by atoms with Gasteiger partial charge in [-0.3, -0.25) is 14.7 Å². The molecule has 0 bridgehead atoms. The number of ether oxygens (including phenoxy) is 2. The van der Waals surface area contributed by atoms with Gasteiger partial charge in [0.1, 0.15) is 18.2 Å². The number of carbonyl (C=O) groups excluding carboxylic acids is 1. The topological polar surface area (TPSA) is 51.7 Å². The van der Waals surface area contributed by atoms with Gasteiger partial charge < -0.3 is 9.47 Å². The van der Waals surface area contributed by atoms with Crippen molar-refractivity contribution in [1.82, 2.24) is 9.88 Å². The molecule has 5 rings (SSSR count). The van der Waals surface area contributed by atoms with Crippen LogP contribution in [-0.2, 0) is 18.5 Å². The molecular formula is C28H28N2O3. The number of hydrogen-bond acceptors (Lipinski definition) is 5. The van der Waals surface area contributed by atoms with Gasteiger partial charge in [-0.05, 0) is 58.9 Å². The summed E-state index contributed by atoms with van der Waals surface area (Å²) in [7, 11) is 0. The molecule has 33 heavy (non-hydrogen) atoms. The SMILES string of the molecule is Cc1cc2c(c3c1C(=O)/C(=C/c1ccc(C(C)(C)C)cc1)O3)CN(Cc1ccncc1)CO2. The van der Waals surface area contributed by atoms with Crippen LogP contribution in [0.3, 0.4) is 0 Å². The Labute approximate surface area is 194 Å². The van der Waals surface area contributed by atoms with E-state index in [1.54, 1.807) is 12.4 Å². The lowest BCUT2D eigenvalue weighted by Gasteiger charge is -2.30. The lowest BCUT2D eigenvalue weighted by atomic mass is 9.86. The maximum Gasteiger partial charge on any atom is 0.232 e. The molecule has 0 fully saturated rings. The van der Waals surface area contributed by atoms with Gasteiger partial charge in [0.2, 0.25) is 5.78 Å². The number of benzene rings is 2. The van der Waals surface area contributed by atoms with E-state index in [1.165, 1.54) is 5.56 Å². The third kappa shape index (κ3) is 4.16. The zero-order valence-corrected chi connectivity index (χ0v) is 19.5. The number of fused-ring (bicyclic) bond motifs is 3. The highest BCUT2D eigenvalue weighted by Gasteiger charge is 2.35. The van der Waals surface area contributed by atoms with Crippen molar-refractivity contribution in [2.24, 2.45) is 0 Å². The Kier molecular flexibility index (Phi) is 5.29. The second kappa shape index (κ2) is 8.16. The minimum absolute atomic E-state index is 0.0727. The molecule has 0 radical (unpaired) electrons. The fourth-order valence-corrected chi connectivity index (χ4v) is 4.35. The van der Waals surface area contributed by atoms with E-state index in [2.05, 4.69) is 42.8 Å². The molecule has 5 nitrogen and oxygen atoms in total. The summed E-state index contributed by atoms with van der Waals surface area (Å²) in [5.41, 5.74) is 5.89. The lowest BCUT2D eigenvalue weighted by molar-refractivity contribution is 0.0872. The van der Waals surface area contributed by atoms with E-state index < -0.39 is 0 Å². The third-order valence-electron chi connectivity index (χ3n) is 6.22. The van der Waals surface area contributed by atoms with Crippen molar-refractivity contribution >= 4 is 11.9 Å². The highest BCUT2D eigenvalue weighted by Crippen LogP contribution is 2.44. The average molecular weight is 441 g/mol. The number of nitrogens with zero attached hydrogens (tertiary/aromatic N) is 2. The molecular weight excluding hydrogens is 412 g/mol. The molecule has 2 aliphatic heterocycles. The molecule has 0 N–H and O–H groups in total. The summed E-state index contributed by atoms with van der Waals surface area (Å²) in [6.07, 6.45) is 5.42. The molecule has 2 aromatic carbocycles. The van der Waals surface area contributed by atoms with Crippen molar-refractivity contribution in [3.8, 4) is 11.5 Å². The van der Waals surface area contributed by atoms with Gasteiger partial charge in [-0.2, -0.15) is 0 Å². The zero-order chi connectivity index (χ0) is 23.2. The first-order valence-electron chi connectivity index (χ1n) is 11.2. The Balaban J connectivity index is 1.43. The Morgan fingerprint density at radius 2 is 1.82 bits per heavy atom. The molecule has 168 valence electrons. The van der Waals surface area contributed by atoms with Crippen molar-refractivity contribution < 1.29 is 14.3 Å². The average Bonchev–Trinajstić information content (AvgIpc) is 3.11. The van der Waals surface area contributed by atoms with Gasteiger partial charge in [0.15, 0.2) is 5.76 Å². The van der Waals surface area contributed by atoms with Crippen molar-refractivity contribution in [2.75, 3.05) is 6.73 Å². The Morgan fingerprint density at radius 3 is 2.52 bits per heavy atom. The molecule has 0 aliphatic carbocycles. The van der Waals surface area contributed by atoms with Crippen LogP contribution in [0.25, 0.3) is 6.08 Å². The van der Waals surface area contributed by atoms with Crippen LogP contribution in [0.15, 0.2) is 60.6 Å². The predicted molar refractivity (Wildman–Crippen MR) is 128 cm³/mol. The van der Waals surface area contributed by atoms with Gasteiger partial charge in [0, 0.05) is 25.5 Å². The van der Waals surface area contributed by atoms with Crippen LogP contribution in [0.2, 0.25) is 0 Å². The number of pyridine rings is 1. The minimum atomic E-state index is -0.0727. The van der Waals surface area contributed by atoms with E-state index in [0.29, 0.717) is 30.3 Å². The highest BCUT2D eigenvalue weighted by atomic mass is 16.5. The molecule has 0 unspecified atom stereocenters. The first-order chi connectivity index (χ1) is 15.8. The van der Waals surface area contributed by atoms with Gasteiger partial charge in [-0.25, -0.2) is 0 Å². The molecule has 3 heterocycles. The Hall–Kier alpha value is -3.44. The number of hydrogen-bond donors (Lipinski definition) is 0. The van der Waals surface area contributed by atoms with Crippen LogP contribution in [0.1, 0.15) is 58.9 Å². The fourth-order valence-electron chi connectivity index (χ4n) is 4.35. The van der Waals surface area contributed by atoms with Crippen LogP contribution in [-0.4, -0.2) is 22.4 Å². The summed E-state index contributed by atoms with van der Waals surface area (Å²) in [5.74, 6) is 1.71. The summed E-state index contributed by atoms with van der Waals surface area (Å²) < 4.78 is 12.2. The van der Waals surface area contributed by atoms with Crippen molar-refractivity contribution in [2.45, 2.75) is 46.2 Å². The van der Waals surface area contributed by atoms with Crippen LogP contribution >= 0.6 is 0 Å². The summed E-state index contributed by atoms with van der Waals surface area (Å²) in [6.45, 7) is 10.4. The molecule has 0 saturated heterocycles. The highest BCUT2D eigenvalue weighted by molar-refractivity contribution is 6.15. The first-order valence-corrected chi connectivity index (χ1v) is 11.2. The third-order valence-corrected chi connectivity index (χ3v) is 6.22. The van der Waals surface area contributed by atoms with Gasteiger partial charge in [-0.15, -0.1) is 0 Å². The van der Waals surface area contributed by atoms with Gasteiger partial charge in [0.25, 0.3) is 0 Å². The van der Waals surface area contributed by atoms with Crippen LogP contribution in [0.4, 0.5) is 0 Å². The number of aromatic nitrogens is 1. The van der Waals surface area contributed by atoms with E-state index >= 15 is 0 Å². The van der Waals surface area contributed by atoms with E-state index in [1.807, 2.05) is 43.3 Å². The van der Waals surface area contributed by atoms with Gasteiger partial charge in [-0.1, -0.05) is 45.0 Å². The monoisotopic (exact) mass is 440 g/mol. The van der Waals surface area contributed by atoms with Crippen LogP contribution in [0.5, 0.6) is 11.5 Å². The quantitative estimate of drug-likeness (QED) is 0.492. The summed E-state index contributed by atoms with van der Waals surface area (Å²) >= 11 is 0. The Morgan fingerprint density at radius 1 is 1.09 bits per heavy atom. The van der Waals surface area contributed by atoms with E-state index in [0.717, 1.165) is 34.5 Å². The molecule has 0 atom stereocenters. The molecule has 3 aromatic rings. The normalized spacial score (nSPS) is 16.8. The predicted octanol–water partition coefficient (Wildman–Crippen LogP) is 5.66. The smallest absolute Gasteiger partial charge is 0.232 e. The molecule has 0 amide bonds. The second-order valence-electron chi connectivity index (χ2n) is 9.80. The first kappa shape index (κ1) is 21.4. The molecule has 5 heteroatoms. The maximum atomic E-state index is 13.3. The molecule has 0 saturated carbocycles. The Bertz CT molecular complexity index is 1240. The summed E-state index contributed by atoms with van der Waals surface area (Å²) in [5, 5.41) is 0. The number of allylic oxidation sites excluding steroid dienone is 1. The van der Waals surface area contributed by atoms with Crippen LogP contribution in [0, 0.1) is 6.92 Å². The number of carbonyl (C=O) groups is 1. The maximum absolute atomic E-state index is 13.3. The zero-order valence-electron chi connectivity index (χ0n) is 19.5. The number of Topliss-reactive ketones (excluding diaryl/α,β-unsaturated/α-hetero) is 1. The lowest BCUT2D eigenvalue weighted by Crippen LogP contribution is -2.31. The van der Waals surface area contributed by atoms with Crippen molar-refractivity contribution in [3.05, 3.63) is 94.0 Å². The van der Waals surface area contributed by atoms with Crippen molar-refractivity contribution in [1.29, 1.82) is 0 Å². The van der Waals surface area contributed by atoms with Crippen molar-refractivity contribution in [3.63, 3.8) is 0 Å². The van der Waals surface area contributed by atoms with E-state index in [4.69, 9.17) is 9.47 Å². The van der Waals surface area contributed by atoms with E-state index in [-0.39, 0.29) is 11.2 Å².